The number of aromatic nitrogens is 2. The lowest BCUT2D eigenvalue weighted by atomic mass is 10.2. The molecule has 2 heterocycles. The van der Waals surface area contributed by atoms with Crippen molar-refractivity contribution in [2.24, 2.45) is 0 Å². The van der Waals surface area contributed by atoms with Gasteiger partial charge in [-0.15, -0.1) is 11.3 Å². The molecule has 0 spiro atoms. The second-order valence-corrected chi connectivity index (χ2v) is 5.59. The van der Waals surface area contributed by atoms with Crippen LogP contribution in [0.25, 0.3) is 10.2 Å². The van der Waals surface area contributed by atoms with Gasteiger partial charge in [-0.05, 0) is 18.2 Å². The number of aldehydes is 1. The molecule has 106 valence electrons. The fraction of sp³-hybridized carbons (Fsp3) is 0. The molecule has 3 rings (SSSR count). The molecule has 0 aliphatic rings. The SMILES string of the molecule is Nc1c(C=O)sc2ncnc(Nc3ccc(F)c(Cl)c3)c12. The van der Waals surface area contributed by atoms with Crippen molar-refractivity contribution in [1.29, 1.82) is 0 Å². The number of hydrogen-bond acceptors (Lipinski definition) is 6. The highest BCUT2D eigenvalue weighted by Crippen LogP contribution is 2.36. The number of carbonyl (C=O) groups excluding carboxylic acids is 1. The third-order valence-electron chi connectivity index (χ3n) is 2.84. The molecule has 0 fully saturated rings. The van der Waals surface area contributed by atoms with Crippen molar-refractivity contribution in [2.75, 3.05) is 11.1 Å². The Hall–Kier alpha value is -2.25. The minimum atomic E-state index is -0.506. The van der Waals surface area contributed by atoms with Crippen LogP contribution in [0, 0.1) is 5.82 Å². The molecule has 0 unspecified atom stereocenters. The van der Waals surface area contributed by atoms with E-state index < -0.39 is 5.82 Å². The predicted molar refractivity (Wildman–Crippen MR) is 81.9 cm³/mol. The summed E-state index contributed by atoms with van der Waals surface area (Å²) < 4.78 is 13.2. The fourth-order valence-electron chi connectivity index (χ4n) is 1.86. The topological polar surface area (TPSA) is 80.9 Å². The van der Waals surface area contributed by atoms with Gasteiger partial charge < -0.3 is 11.1 Å². The number of nitrogens with two attached hydrogens (primary N) is 1. The van der Waals surface area contributed by atoms with Crippen LogP contribution in [0.3, 0.4) is 0 Å². The lowest BCUT2D eigenvalue weighted by molar-refractivity contribution is 0.112. The van der Waals surface area contributed by atoms with Crippen LogP contribution in [0.4, 0.5) is 21.6 Å². The molecule has 1 aromatic carbocycles. The standard InChI is InChI=1S/C13H8ClFN4OS/c14-7-3-6(1-2-8(7)15)19-12-10-11(16)9(4-20)21-13(10)18-5-17-12/h1-5H,16H2,(H,17,18,19). The van der Waals surface area contributed by atoms with Gasteiger partial charge in [0.15, 0.2) is 6.29 Å². The number of thiophene rings is 1. The molecule has 0 bridgehead atoms. The number of nitrogens with one attached hydrogen (secondary N) is 1. The van der Waals surface area contributed by atoms with Crippen molar-refractivity contribution in [2.45, 2.75) is 0 Å². The quantitative estimate of drug-likeness (QED) is 0.720. The van der Waals surface area contributed by atoms with Crippen LogP contribution in [-0.2, 0) is 0 Å². The number of fused-ring (bicyclic) bond motifs is 1. The highest BCUT2D eigenvalue weighted by molar-refractivity contribution is 7.21. The van der Waals surface area contributed by atoms with Crippen LogP contribution in [-0.4, -0.2) is 16.3 Å². The van der Waals surface area contributed by atoms with Crippen LogP contribution in [0.2, 0.25) is 5.02 Å². The summed E-state index contributed by atoms with van der Waals surface area (Å²) in [6.07, 6.45) is 2.04. The first-order valence-electron chi connectivity index (χ1n) is 5.80. The number of rotatable bonds is 3. The Morgan fingerprint density at radius 3 is 2.90 bits per heavy atom. The summed E-state index contributed by atoms with van der Waals surface area (Å²) in [5.41, 5.74) is 6.81. The van der Waals surface area contributed by atoms with Crippen LogP contribution < -0.4 is 11.1 Å². The van der Waals surface area contributed by atoms with E-state index >= 15 is 0 Å². The molecule has 21 heavy (non-hydrogen) atoms. The Bertz CT molecular complexity index is 852. The molecule has 0 atom stereocenters. The molecular formula is C13H8ClFN4OS. The van der Waals surface area contributed by atoms with E-state index in [-0.39, 0.29) is 5.02 Å². The van der Waals surface area contributed by atoms with Gasteiger partial charge in [-0.25, -0.2) is 14.4 Å². The van der Waals surface area contributed by atoms with Crippen molar-refractivity contribution in [3.8, 4) is 0 Å². The largest absolute Gasteiger partial charge is 0.397 e. The molecule has 5 nitrogen and oxygen atoms in total. The van der Waals surface area contributed by atoms with Gasteiger partial charge in [-0.2, -0.15) is 0 Å². The van der Waals surface area contributed by atoms with E-state index in [1.54, 1.807) is 0 Å². The second-order valence-electron chi connectivity index (χ2n) is 4.15. The maximum absolute atomic E-state index is 13.2. The van der Waals surface area contributed by atoms with Gasteiger partial charge >= 0.3 is 0 Å². The molecule has 0 saturated carbocycles. The van der Waals surface area contributed by atoms with Gasteiger partial charge in [-0.1, -0.05) is 11.6 Å². The van der Waals surface area contributed by atoms with E-state index in [1.807, 2.05) is 0 Å². The summed E-state index contributed by atoms with van der Waals surface area (Å²) in [7, 11) is 0. The molecule has 2 aromatic heterocycles. The Labute approximate surface area is 127 Å². The Morgan fingerprint density at radius 2 is 2.19 bits per heavy atom. The lowest BCUT2D eigenvalue weighted by Crippen LogP contribution is -1.97. The Kier molecular flexibility index (Phi) is 3.44. The number of hydrogen-bond donors (Lipinski definition) is 2. The molecule has 3 N–H and O–H groups in total. The summed E-state index contributed by atoms with van der Waals surface area (Å²) in [6.45, 7) is 0. The minimum absolute atomic E-state index is 0.00262. The molecule has 0 aliphatic heterocycles. The third kappa shape index (κ3) is 2.41. The summed E-state index contributed by atoms with van der Waals surface area (Å²) >= 11 is 6.92. The van der Waals surface area contributed by atoms with Crippen LogP contribution in [0.15, 0.2) is 24.5 Å². The number of halogens is 2. The zero-order valence-electron chi connectivity index (χ0n) is 10.4. The average molecular weight is 323 g/mol. The van der Waals surface area contributed by atoms with E-state index in [9.17, 15) is 9.18 Å². The number of nitrogens with zero attached hydrogens (tertiary/aromatic N) is 2. The molecule has 8 heteroatoms. The van der Waals surface area contributed by atoms with Crippen molar-refractivity contribution in [1.82, 2.24) is 9.97 Å². The first-order valence-corrected chi connectivity index (χ1v) is 7.00. The van der Waals surface area contributed by atoms with Crippen molar-refractivity contribution in [3.63, 3.8) is 0 Å². The van der Waals surface area contributed by atoms with Gasteiger partial charge in [0.1, 0.15) is 22.8 Å². The normalized spacial score (nSPS) is 10.8. The molecule has 0 saturated heterocycles. The highest BCUT2D eigenvalue weighted by atomic mass is 35.5. The van der Waals surface area contributed by atoms with Crippen LogP contribution in [0.1, 0.15) is 9.67 Å². The molecule has 0 amide bonds. The number of anilines is 3. The summed E-state index contributed by atoms with van der Waals surface area (Å²) in [5, 5.41) is 3.56. The molecule has 3 aromatic rings. The highest BCUT2D eigenvalue weighted by Gasteiger charge is 2.15. The van der Waals surface area contributed by atoms with E-state index in [0.29, 0.717) is 38.6 Å². The van der Waals surface area contributed by atoms with Gasteiger partial charge in [0.2, 0.25) is 0 Å². The van der Waals surface area contributed by atoms with Gasteiger partial charge in [-0.3, -0.25) is 4.79 Å². The Morgan fingerprint density at radius 1 is 1.38 bits per heavy atom. The van der Waals surface area contributed by atoms with Crippen molar-refractivity contribution < 1.29 is 9.18 Å². The van der Waals surface area contributed by atoms with E-state index in [4.69, 9.17) is 17.3 Å². The second kappa shape index (κ2) is 5.27. The van der Waals surface area contributed by atoms with Crippen LogP contribution >= 0.6 is 22.9 Å². The molecular weight excluding hydrogens is 315 g/mol. The molecule has 0 aliphatic carbocycles. The van der Waals surface area contributed by atoms with Crippen LogP contribution in [0.5, 0.6) is 0 Å². The fourth-order valence-corrected chi connectivity index (χ4v) is 2.92. The Balaban J connectivity index is 2.09. The first kappa shape index (κ1) is 13.7. The smallest absolute Gasteiger partial charge is 0.162 e. The average Bonchev–Trinajstić information content (AvgIpc) is 2.80. The van der Waals surface area contributed by atoms with E-state index in [2.05, 4.69) is 15.3 Å². The van der Waals surface area contributed by atoms with E-state index in [1.165, 1.54) is 35.9 Å². The summed E-state index contributed by atoms with van der Waals surface area (Å²) in [5.74, 6) is -0.0714. The van der Waals surface area contributed by atoms with Gasteiger partial charge in [0, 0.05) is 5.69 Å². The van der Waals surface area contributed by atoms with Crippen molar-refractivity contribution >= 4 is 56.6 Å². The zero-order valence-corrected chi connectivity index (χ0v) is 12.0. The first-order chi connectivity index (χ1) is 10.1. The number of nitrogen functional groups attached to an aromatic ring is 1. The number of benzene rings is 1. The molecule has 0 radical (unpaired) electrons. The summed E-state index contributed by atoms with van der Waals surface area (Å²) in [4.78, 5) is 20.1. The van der Waals surface area contributed by atoms with Crippen molar-refractivity contribution in [3.05, 3.63) is 40.2 Å². The predicted octanol–water partition coefficient (Wildman–Crippen LogP) is 3.62. The monoisotopic (exact) mass is 322 g/mol. The minimum Gasteiger partial charge on any atom is -0.397 e. The van der Waals surface area contributed by atoms with Gasteiger partial charge in [0.05, 0.1) is 21.0 Å². The third-order valence-corrected chi connectivity index (χ3v) is 4.17. The summed E-state index contributed by atoms with van der Waals surface area (Å²) in [6, 6.07) is 4.21. The maximum atomic E-state index is 13.2. The van der Waals surface area contributed by atoms with Gasteiger partial charge in [0.25, 0.3) is 0 Å². The maximum Gasteiger partial charge on any atom is 0.162 e. The van der Waals surface area contributed by atoms with E-state index in [0.717, 1.165) is 0 Å². The zero-order chi connectivity index (χ0) is 15.0. The lowest BCUT2D eigenvalue weighted by Gasteiger charge is -2.07. The number of carbonyl (C=O) groups is 1.